The summed E-state index contributed by atoms with van der Waals surface area (Å²) >= 11 is 3.43. The van der Waals surface area contributed by atoms with E-state index < -0.39 is 0 Å². The Morgan fingerprint density at radius 2 is 2.33 bits per heavy atom. The van der Waals surface area contributed by atoms with E-state index in [1.54, 1.807) is 0 Å². The Morgan fingerprint density at radius 1 is 1.47 bits per heavy atom. The highest BCUT2D eigenvalue weighted by Crippen LogP contribution is 2.33. The van der Waals surface area contributed by atoms with Crippen molar-refractivity contribution in [3.63, 3.8) is 0 Å². The Labute approximate surface area is 98.0 Å². The summed E-state index contributed by atoms with van der Waals surface area (Å²) in [5, 5.41) is 9.05. The Morgan fingerprint density at radius 3 is 3.07 bits per heavy atom. The van der Waals surface area contributed by atoms with Gasteiger partial charge < -0.3 is 4.74 Å². The lowest BCUT2D eigenvalue weighted by atomic mass is 9.91. The van der Waals surface area contributed by atoms with Crippen LogP contribution < -0.4 is 0 Å². The van der Waals surface area contributed by atoms with Crippen LogP contribution in [0.15, 0.2) is 28.7 Å². The molecule has 1 fully saturated rings. The number of hydrogen-bond donors (Lipinski definition) is 0. The number of nitriles is 1. The van der Waals surface area contributed by atoms with Crippen LogP contribution in [0.3, 0.4) is 0 Å². The van der Waals surface area contributed by atoms with E-state index in [0.29, 0.717) is 0 Å². The van der Waals surface area contributed by atoms with E-state index in [-0.39, 0.29) is 12.0 Å². The second-order valence-electron chi connectivity index (χ2n) is 3.72. The summed E-state index contributed by atoms with van der Waals surface area (Å²) < 4.78 is 6.71. The highest BCUT2D eigenvalue weighted by molar-refractivity contribution is 9.10. The Kier molecular flexibility index (Phi) is 3.40. The minimum Gasteiger partial charge on any atom is -0.372 e. The first kappa shape index (κ1) is 10.7. The lowest BCUT2D eigenvalue weighted by Gasteiger charge is -2.27. The van der Waals surface area contributed by atoms with Gasteiger partial charge in [-0.15, -0.1) is 0 Å². The minimum absolute atomic E-state index is 0.00644. The summed E-state index contributed by atoms with van der Waals surface area (Å²) in [5.74, 6) is -0.00644. The predicted molar refractivity (Wildman–Crippen MR) is 61.2 cm³/mol. The Balaban J connectivity index is 2.25. The van der Waals surface area contributed by atoms with Crippen LogP contribution in [0.1, 0.15) is 24.5 Å². The fraction of sp³-hybridized carbons (Fsp3) is 0.417. The Hall–Kier alpha value is -0.850. The predicted octanol–water partition coefficient (Wildman–Crippen LogP) is 3.44. The van der Waals surface area contributed by atoms with E-state index in [9.17, 15) is 0 Å². The molecule has 2 atom stereocenters. The lowest BCUT2D eigenvalue weighted by molar-refractivity contribution is -0.0102. The largest absolute Gasteiger partial charge is 0.372 e. The standard InChI is InChI=1S/C12H12BrNO/c13-11-5-1-3-9(7-11)12-10(8-14)4-2-6-15-12/h1,3,5,7,10,12H,2,4,6H2. The molecule has 0 spiro atoms. The molecule has 1 aliphatic heterocycles. The third-order valence-electron chi connectivity index (χ3n) is 2.67. The highest BCUT2D eigenvalue weighted by Gasteiger charge is 2.27. The average molecular weight is 266 g/mol. The van der Waals surface area contributed by atoms with Crippen molar-refractivity contribution in [1.82, 2.24) is 0 Å². The smallest absolute Gasteiger partial charge is 0.0983 e. The lowest BCUT2D eigenvalue weighted by Crippen LogP contribution is -2.21. The van der Waals surface area contributed by atoms with Crippen LogP contribution in [-0.2, 0) is 4.74 Å². The van der Waals surface area contributed by atoms with Gasteiger partial charge in [-0.25, -0.2) is 0 Å². The van der Waals surface area contributed by atoms with E-state index in [1.807, 2.05) is 24.3 Å². The van der Waals surface area contributed by atoms with Gasteiger partial charge in [-0.2, -0.15) is 5.26 Å². The summed E-state index contributed by atoms with van der Waals surface area (Å²) in [4.78, 5) is 0. The number of rotatable bonds is 1. The number of ether oxygens (including phenoxy) is 1. The molecule has 2 nitrogen and oxygen atoms in total. The zero-order valence-corrected chi connectivity index (χ0v) is 9.90. The number of nitrogens with zero attached hydrogens (tertiary/aromatic N) is 1. The minimum atomic E-state index is -0.0544. The zero-order valence-electron chi connectivity index (χ0n) is 8.32. The monoisotopic (exact) mass is 265 g/mol. The van der Waals surface area contributed by atoms with Crippen LogP contribution in [0.25, 0.3) is 0 Å². The first-order chi connectivity index (χ1) is 7.31. The fourth-order valence-electron chi connectivity index (χ4n) is 1.93. The molecule has 78 valence electrons. The molecule has 0 radical (unpaired) electrons. The molecule has 0 N–H and O–H groups in total. The molecule has 0 amide bonds. The van der Waals surface area contributed by atoms with Crippen LogP contribution in [0.5, 0.6) is 0 Å². The van der Waals surface area contributed by atoms with Gasteiger partial charge in [0.15, 0.2) is 0 Å². The molecule has 0 aliphatic carbocycles. The van der Waals surface area contributed by atoms with Crippen LogP contribution >= 0.6 is 15.9 Å². The third-order valence-corrected chi connectivity index (χ3v) is 3.16. The van der Waals surface area contributed by atoms with E-state index in [2.05, 4.69) is 22.0 Å². The van der Waals surface area contributed by atoms with Crippen molar-refractivity contribution in [3.05, 3.63) is 34.3 Å². The second kappa shape index (κ2) is 4.78. The van der Waals surface area contributed by atoms with Crippen molar-refractivity contribution in [1.29, 1.82) is 5.26 Å². The molecule has 15 heavy (non-hydrogen) atoms. The van der Waals surface area contributed by atoms with Gasteiger partial charge in [0, 0.05) is 11.1 Å². The van der Waals surface area contributed by atoms with Gasteiger partial charge in [-0.3, -0.25) is 0 Å². The maximum atomic E-state index is 9.05. The SMILES string of the molecule is N#CC1CCCOC1c1cccc(Br)c1. The summed E-state index contributed by atoms with van der Waals surface area (Å²) in [6.07, 6.45) is 1.87. The molecule has 1 saturated heterocycles. The van der Waals surface area contributed by atoms with Crippen LogP contribution in [0.2, 0.25) is 0 Å². The van der Waals surface area contributed by atoms with Crippen LogP contribution in [-0.4, -0.2) is 6.61 Å². The molecular formula is C12H12BrNO. The van der Waals surface area contributed by atoms with E-state index in [4.69, 9.17) is 10.00 Å². The van der Waals surface area contributed by atoms with Crippen molar-refractivity contribution in [3.8, 4) is 6.07 Å². The highest BCUT2D eigenvalue weighted by atomic mass is 79.9. The van der Waals surface area contributed by atoms with E-state index in [0.717, 1.165) is 29.5 Å². The van der Waals surface area contributed by atoms with Crippen LogP contribution in [0, 0.1) is 17.2 Å². The quantitative estimate of drug-likeness (QED) is 0.780. The average Bonchev–Trinajstić information content (AvgIpc) is 2.29. The summed E-state index contributed by atoms with van der Waals surface area (Å²) in [6.45, 7) is 0.759. The van der Waals surface area contributed by atoms with E-state index >= 15 is 0 Å². The van der Waals surface area contributed by atoms with E-state index in [1.165, 1.54) is 0 Å². The van der Waals surface area contributed by atoms with Crippen LogP contribution in [0.4, 0.5) is 0 Å². The molecular weight excluding hydrogens is 254 g/mol. The molecule has 0 aromatic heterocycles. The van der Waals surface area contributed by atoms with Crippen molar-refractivity contribution >= 4 is 15.9 Å². The van der Waals surface area contributed by atoms with Crippen molar-refractivity contribution < 1.29 is 4.74 Å². The molecule has 0 saturated carbocycles. The molecule has 1 aliphatic rings. The number of halogens is 1. The zero-order chi connectivity index (χ0) is 10.7. The first-order valence-electron chi connectivity index (χ1n) is 5.08. The normalized spacial score (nSPS) is 25.9. The molecule has 2 unspecified atom stereocenters. The number of benzene rings is 1. The van der Waals surface area contributed by atoms with Gasteiger partial charge >= 0.3 is 0 Å². The van der Waals surface area contributed by atoms with Crippen molar-refractivity contribution in [2.24, 2.45) is 5.92 Å². The van der Waals surface area contributed by atoms with Crippen molar-refractivity contribution in [2.45, 2.75) is 18.9 Å². The molecule has 1 heterocycles. The third kappa shape index (κ3) is 2.39. The van der Waals surface area contributed by atoms with Crippen molar-refractivity contribution in [2.75, 3.05) is 6.61 Å². The van der Waals surface area contributed by atoms with Gasteiger partial charge in [0.05, 0.1) is 18.1 Å². The maximum absolute atomic E-state index is 9.05. The maximum Gasteiger partial charge on any atom is 0.0983 e. The molecule has 0 bridgehead atoms. The first-order valence-corrected chi connectivity index (χ1v) is 5.87. The fourth-order valence-corrected chi connectivity index (χ4v) is 2.34. The summed E-state index contributed by atoms with van der Waals surface area (Å²) in [6, 6.07) is 10.3. The van der Waals surface area contributed by atoms with Gasteiger partial charge in [0.2, 0.25) is 0 Å². The van der Waals surface area contributed by atoms with Gasteiger partial charge in [-0.05, 0) is 30.5 Å². The molecule has 3 heteroatoms. The van der Waals surface area contributed by atoms with Gasteiger partial charge in [0.1, 0.15) is 0 Å². The van der Waals surface area contributed by atoms with Gasteiger partial charge in [-0.1, -0.05) is 28.1 Å². The summed E-state index contributed by atoms with van der Waals surface area (Å²) in [5.41, 5.74) is 1.09. The van der Waals surface area contributed by atoms with Gasteiger partial charge in [0.25, 0.3) is 0 Å². The Bertz CT molecular complexity index is 385. The molecule has 1 aromatic rings. The number of hydrogen-bond acceptors (Lipinski definition) is 2. The summed E-state index contributed by atoms with van der Waals surface area (Å²) in [7, 11) is 0. The topological polar surface area (TPSA) is 33.0 Å². The second-order valence-corrected chi connectivity index (χ2v) is 4.64. The molecule has 2 rings (SSSR count). The molecule has 1 aromatic carbocycles.